The van der Waals surface area contributed by atoms with Crippen LogP contribution < -0.4 is 15.4 Å². The third kappa shape index (κ3) is 5.24. The van der Waals surface area contributed by atoms with E-state index in [1.807, 2.05) is 20.8 Å². The molecule has 7 heteroatoms. The molecule has 0 saturated heterocycles. The van der Waals surface area contributed by atoms with Crippen LogP contribution in [-0.2, 0) is 4.79 Å². The van der Waals surface area contributed by atoms with Gasteiger partial charge in [0, 0.05) is 11.6 Å². The number of amides is 1. The average molecular weight is 315 g/mol. The normalized spacial score (nSPS) is 11.1. The van der Waals surface area contributed by atoms with Crippen LogP contribution in [0, 0.1) is 0 Å². The lowest BCUT2D eigenvalue weighted by atomic mass is 10.1. The third-order valence-corrected chi connectivity index (χ3v) is 2.89. The summed E-state index contributed by atoms with van der Waals surface area (Å²) < 4.78 is 4.99. The van der Waals surface area contributed by atoms with Crippen LogP contribution in [0.15, 0.2) is 12.1 Å². The predicted molar refractivity (Wildman–Crippen MR) is 81.3 cm³/mol. The molecule has 0 atom stereocenters. The second kappa shape index (κ2) is 6.78. The summed E-state index contributed by atoms with van der Waals surface area (Å²) in [5.74, 6) is -1.30. The van der Waals surface area contributed by atoms with Crippen LogP contribution in [-0.4, -0.2) is 36.2 Å². The Hall–Kier alpha value is -1.79. The highest BCUT2D eigenvalue weighted by Gasteiger charge is 2.17. The Morgan fingerprint density at radius 1 is 1.33 bits per heavy atom. The van der Waals surface area contributed by atoms with Gasteiger partial charge in [-0.1, -0.05) is 11.6 Å². The Kier molecular flexibility index (Phi) is 5.57. The number of aromatic carboxylic acids is 1. The minimum absolute atomic E-state index is 0.0617. The molecule has 0 aliphatic heterocycles. The van der Waals surface area contributed by atoms with Gasteiger partial charge in [-0.2, -0.15) is 0 Å². The number of carbonyl (C=O) groups is 2. The molecule has 0 aromatic heterocycles. The number of halogens is 1. The maximum Gasteiger partial charge on any atom is 0.339 e. The summed E-state index contributed by atoms with van der Waals surface area (Å²) in [6.07, 6.45) is 0. The van der Waals surface area contributed by atoms with Crippen molar-refractivity contribution < 1.29 is 19.4 Å². The van der Waals surface area contributed by atoms with E-state index in [-0.39, 0.29) is 34.3 Å². The van der Waals surface area contributed by atoms with Gasteiger partial charge in [-0.3, -0.25) is 4.79 Å². The van der Waals surface area contributed by atoms with Gasteiger partial charge in [-0.05, 0) is 26.8 Å². The summed E-state index contributed by atoms with van der Waals surface area (Å²) in [7, 11) is 1.35. The first-order valence-electron chi connectivity index (χ1n) is 6.30. The predicted octanol–water partition coefficient (Wildman–Crippen LogP) is 2.37. The highest BCUT2D eigenvalue weighted by atomic mass is 35.5. The molecule has 1 aromatic carbocycles. The molecule has 0 heterocycles. The molecule has 6 nitrogen and oxygen atoms in total. The van der Waals surface area contributed by atoms with E-state index in [0.29, 0.717) is 5.69 Å². The first kappa shape index (κ1) is 17.3. The largest absolute Gasteiger partial charge is 0.496 e. The van der Waals surface area contributed by atoms with Crippen LogP contribution in [0.2, 0.25) is 5.02 Å². The first-order chi connectivity index (χ1) is 9.64. The first-order valence-corrected chi connectivity index (χ1v) is 6.67. The molecule has 0 saturated carbocycles. The molecule has 0 fully saturated rings. The maximum absolute atomic E-state index is 11.8. The van der Waals surface area contributed by atoms with Crippen molar-refractivity contribution in [3.05, 3.63) is 22.7 Å². The quantitative estimate of drug-likeness (QED) is 0.776. The van der Waals surface area contributed by atoms with Crippen LogP contribution in [0.4, 0.5) is 5.69 Å². The molecule has 0 aliphatic carbocycles. The Balaban J connectivity index is 2.89. The lowest BCUT2D eigenvalue weighted by molar-refractivity contribution is -0.115. The van der Waals surface area contributed by atoms with Gasteiger partial charge < -0.3 is 20.5 Å². The fourth-order valence-electron chi connectivity index (χ4n) is 1.53. The molecule has 116 valence electrons. The third-order valence-electron chi connectivity index (χ3n) is 2.57. The topological polar surface area (TPSA) is 87.7 Å². The highest BCUT2D eigenvalue weighted by molar-refractivity contribution is 6.34. The molecule has 21 heavy (non-hydrogen) atoms. The fourth-order valence-corrected chi connectivity index (χ4v) is 1.74. The number of carboxylic acids is 1. The zero-order chi connectivity index (χ0) is 16.2. The Bertz CT molecular complexity index is 553. The van der Waals surface area contributed by atoms with E-state index in [2.05, 4.69) is 10.6 Å². The van der Waals surface area contributed by atoms with E-state index >= 15 is 0 Å². The van der Waals surface area contributed by atoms with Crippen molar-refractivity contribution in [1.29, 1.82) is 0 Å². The van der Waals surface area contributed by atoms with Gasteiger partial charge in [0.25, 0.3) is 0 Å². The Labute approximate surface area is 128 Å². The molecule has 0 unspecified atom stereocenters. The molecular weight excluding hydrogens is 296 g/mol. The van der Waals surface area contributed by atoms with Crippen molar-refractivity contribution in [3.8, 4) is 5.75 Å². The van der Waals surface area contributed by atoms with Gasteiger partial charge in [-0.25, -0.2) is 4.79 Å². The van der Waals surface area contributed by atoms with E-state index in [1.54, 1.807) is 0 Å². The number of hydrogen-bond acceptors (Lipinski definition) is 4. The molecule has 1 aromatic rings. The molecule has 0 bridgehead atoms. The standard InChI is InChI=1S/C14H19ClN2O4/c1-14(2,3)16-7-12(18)17-10-6-11(21-4)8(13(19)20)5-9(10)15/h5-6,16H,7H2,1-4H3,(H,17,18)(H,19,20). The number of carboxylic acid groups (broad SMARTS) is 1. The van der Waals surface area contributed by atoms with Gasteiger partial charge >= 0.3 is 5.97 Å². The lowest BCUT2D eigenvalue weighted by Crippen LogP contribution is -2.41. The lowest BCUT2D eigenvalue weighted by Gasteiger charge is -2.20. The van der Waals surface area contributed by atoms with Crippen molar-refractivity contribution >= 4 is 29.2 Å². The summed E-state index contributed by atoms with van der Waals surface area (Å²) in [6, 6.07) is 2.64. The number of rotatable bonds is 5. The second-order valence-electron chi connectivity index (χ2n) is 5.49. The smallest absolute Gasteiger partial charge is 0.339 e. The van der Waals surface area contributed by atoms with E-state index in [9.17, 15) is 9.59 Å². The number of methoxy groups -OCH3 is 1. The molecule has 0 radical (unpaired) electrons. The number of ether oxygens (including phenoxy) is 1. The van der Waals surface area contributed by atoms with Crippen molar-refractivity contribution in [2.75, 3.05) is 19.0 Å². The monoisotopic (exact) mass is 314 g/mol. The van der Waals surface area contributed by atoms with Gasteiger partial charge in [0.1, 0.15) is 11.3 Å². The number of hydrogen-bond donors (Lipinski definition) is 3. The summed E-state index contributed by atoms with van der Waals surface area (Å²) in [6.45, 7) is 5.94. The molecular formula is C14H19ClN2O4. The van der Waals surface area contributed by atoms with Crippen LogP contribution in [0.5, 0.6) is 5.75 Å². The zero-order valence-corrected chi connectivity index (χ0v) is 13.2. The molecule has 0 spiro atoms. The number of anilines is 1. The second-order valence-corrected chi connectivity index (χ2v) is 5.90. The van der Waals surface area contributed by atoms with Crippen molar-refractivity contribution in [2.24, 2.45) is 0 Å². The number of benzene rings is 1. The molecule has 1 rings (SSSR count). The number of nitrogens with one attached hydrogen (secondary N) is 2. The van der Waals surface area contributed by atoms with E-state index in [0.717, 1.165) is 0 Å². The van der Waals surface area contributed by atoms with E-state index < -0.39 is 5.97 Å². The van der Waals surface area contributed by atoms with E-state index in [1.165, 1.54) is 19.2 Å². The van der Waals surface area contributed by atoms with Crippen LogP contribution in [0.25, 0.3) is 0 Å². The summed E-state index contributed by atoms with van der Waals surface area (Å²) in [5.41, 5.74) is 0.0546. The highest BCUT2D eigenvalue weighted by Crippen LogP contribution is 2.30. The van der Waals surface area contributed by atoms with E-state index in [4.69, 9.17) is 21.4 Å². The maximum atomic E-state index is 11.8. The van der Waals surface area contributed by atoms with Gasteiger partial charge in [-0.15, -0.1) is 0 Å². The van der Waals surface area contributed by atoms with Crippen LogP contribution in [0.3, 0.4) is 0 Å². The Morgan fingerprint density at radius 3 is 2.43 bits per heavy atom. The van der Waals surface area contributed by atoms with Crippen molar-refractivity contribution in [2.45, 2.75) is 26.3 Å². The van der Waals surface area contributed by atoms with Gasteiger partial charge in [0.2, 0.25) is 5.91 Å². The SMILES string of the molecule is COc1cc(NC(=O)CNC(C)(C)C)c(Cl)cc1C(=O)O. The summed E-state index contributed by atoms with van der Waals surface area (Å²) in [4.78, 5) is 22.9. The van der Waals surface area contributed by atoms with Gasteiger partial charge in [0.15, 0.2) is 0 Å². The minimum Gasteiger partial charge on any atom is -0.496 e. The average Bonchev–Trinajstić information content (AvgIpc) is 2.37. The molecule has 0 aliphatic rings. The fraction of sp³-hybridized carbons (Fsp3) is 0.429. The zero-order valence-electron chi connectivity index (χ0n) is 12.4. The summed E-state index contributed by atoms with van der Waals surface area (Å²) in [5, 5.41) is 14.8. The van der Waals surface area contributed by atoms with Gasteiger partial charge in [0.05, 0.1) is 24.4 Å². The van der Waals surface area contributed by atoms with Crippen LogP contribution >= 0.6 is 11.6 Å². The minimum atomic E-state index is -1.15. The van der Waals surface area contributed by atoms with Crippen molar-refractivity contribution in [1.82, 2.24) is 5.32 Å². The Morgan fingerprint density at radius 2 is 1.95 bits per heavy atom. The van der Waals surface area contributed by atoms with Crippen LogP contribution in [0.1, 0.15) is 31.1 Å². The number of carbonyl (C=O) groups excluding carboxylic acids is 1. The van der Waals surface area contributed by atoms with Crippen molar-refractivity contribution in [3.63, 3.8) is 0 Å². The molecule has 3 N–H and O–H groups in total. The molecule has 1 amide bonds. The summed E-state index contributed by atoms with van der Waals surface area (Å²) >= 11 is 5.98.